The molecule has 2 N–H and O–H groups in total. The number of hydrogen-bond acceptors (Lipinski definition) is 2. The van der Waals surface area contributed by atoms with Gasteiger partial charge < -0.3 is 10.5 Å². The zero-order chi connectivity index (χ0) is 12.3. The Morgan fingerprint density at radius 2 is 2.35 bits per heavy atom. The molecule has 2 nitrogen and oxygen atoms in total. The van der Waals surface area contributed by atoms with E-state index < -0.39 is 0 Å². The molecule has 0 aliphatic heterocycles. The van der Waals surface area contributed by atoms with E-state index in [0.29, 0.717) is 6.61 Å². The highest BCUT2D eigenvalue weighted by molar-refractivity contribution is 5.43. The summed E-state index contributed by atoms with van der Waals surface area (Å²) in [6, 6.07) is 6.41. The molecule has 0 spiro atoms. The van der Waals surface area contributed by atoms with Crippen molar-refractivity contribution in [2.24, 2.45) is 5.73 Å². The van der Waals surface area contributed by atoms with Crippen LogP contribution in [0, 0.1) is 0 Å². The smallest absolute Gasteiger partial charge is 0.122 e. The van der Waals surface area contributed by atoms with E-state index in [1.165, 1.54) is 11.1 Å². The zero-order valence-electron chi connectivity index (χ0n) is 10.5. The van der Waals surface area contributed by atoms with E-state index in [0.717, 1.165) is 37.0 Å². The summed E-state index contributed by atoms with van der Waals surface area (Å²) >= 11 is 0. The van der Waals surface area contributed by atoms with Gasteiger partial charge >= 0.3 is 0 Å². The van der Waals surface area contributed by atoms with Crippen LogP contribution in [0.25, 0.3) is 0 Å². The van der Waals surface area contributed by atoms with Gasteiger partial charge in [0.05, 0.1) is 6.61 Å². The van der Waals surface area contributed by atoms with E-state index in [9.17, 15) is 0 Å². The lowest BCUT2D eigenvalue weighted by atomic mass is 9.87. The second-order valence-electron chi connectivity index (χ2n) is 4.88. The highest BCUT2D eigenvalue weighted by atomic mass is 16.5. The lowest BCUT2D eigenvalue weighted by Gasteiger charge is -2.24. The molecule has 0 amide bonds. The average Bonchev–Trinajstić information content (AvgIpc) is 2.30. The van der Waals surface area contributed by atoms with Crippen molar-refractivity contribution in [3.8, 4) is 5.75 Å². The van der Waals surface area contributed by atoms with Crippen LogP contribution in [-0.4, -0.2) is 6.61 Å². The van der Waals surface area contributed by atoms with Gasteiger partial charge in [-0.15, -0.1) is 6.58 Å². The van der Waals surface area contributed by atoms with Crippen LogP contribution in [-0.2, 0) is 6.42 Å². The fraction of sp³-hybridized carbons (Fsp3) is 0.467. The van der Waals surface area contributed by atoms with Crippen molar-refractivity contribution in [2.45, 2.75) is 38.6 Å². The fourth-order valence-electron chi connectivity index (χ4n) is 2.32. The van der Waals surface area contributed by atoms with Crippen LogP contribution in [0.2, 0.25) is 0 Å². The van der Waals surface area contributed by atoms with Crippen LogP contribution in [0.4, 0.5) is 0 Å². The van der Waals surface area contributed by atoms with Crippen molar-refractivity contribution in [1.82, 2.24) is 0 Å². The molecule has 0 radical (unpaired) electrons. The number of ether oxygens (including phenoxy) is 1. The molecule has 1 aromatic carbocycles. The van der Waals surface area contributed by atoms with E-state index in [4.69, 9.17) is 10.5 Å². The summed E-state index contributed by atoms with van der Waals surface area (Å²) in [6.45, 7) is 6.62. The Bertz CT molecular complexity index is 411. The standard InChI is InChI=1S/C15H21NO/c1-11(2)9-10-17-15-8-4-5-12-13(15)6-3-7-14(12)16/h4-5,8,14H,1,3,6-7,9-10,16H2,2H3. The maximum Gasteiger partial charge on any atom is 0.122 e. The lowest BCUT2D eigenvalue weighted by Crippen LogP contribution is -2.18. The van der Waals surface area contributed by atoms with Crippen LogP contribution in [0.3, 0.4) is 0 Å². The van der Waals surface area contributed by atoms with Crippen molar-refractivity contribution < 1.29 is 4.74 Å². The molecule has 1 aliphatic rings. The third-order valence-corrected chi connectivity index (χ3v) is 3.30. The first-order chi connectivity index (χ1) is 8.18. The lowest BCUT2D eigenvalue weighted by molar-refractivity contribution is 0.316. The molecule has 1 unspecified atom stereocenters. The molecular formula is C15H21NO. The molecule has 0 bridgehead atoms. The molecule has 92 valence electrons. The topological polar surface area (TPSA) is 35.2 Å². The molecule has 0 heterocycles. The van der Waals surface area contributed by atoms with Crippen LogP contribution in [0.5, 0.6) is 5.75 Å². The second-order valence-corrected chi connectivity index (χ2v) is 4.88. The van der Waals surface area contributed by atoms with Gasteiger partial charge in [0.1, 0.15) is 5.75 Å². The Morgan fingerprint density at radius 1 is 1.53 bits per heavy atom. The minimum atomic E-state index is 0.184. The van der Waals surface area contributed by atoms with Crippen molar-refractivity contribution in [1.29, 1.82) is 0 Å². The van der Waals surface area contributed by atoms with Gasteiger partial charge in [0.15, 0.2) is 0 Å². The summed E-state index contributed by atoms with van der Waals surface area (Å²) < 4.78 is 5.85. The van der Waals surface area contributed by atoms with Crippen molar-refractivity contribution in [3.63, 3.8) is 0 Å². The SMILES string of the molecule is C=C(C)CCOc1cccc2c1CCCC2N. The van der Waals surface area contributed by atoms with E-state index >= 15 is 0 Å². The fourth-order valence-corrected chi connectivity index (χ4v) is 2.32. The summed E-state index contributed by atoms with van der Waals surface area (Å²) in [7, 11) is 0. The quantitative estimate of drug-likeness (QED) is 0.806. The molecule has 2 heteroatoms. The number of nitrogens with two attached hydrogens (primary N) is 1. The second kappa shape index (κ2) is 5.37. The van der Waals surface area contributed by atoms with E-state index in [2.05, 4.69) is 18.7 Å². The maximum atomic E-state index is 6.12. The molecule has 0 saturated carbocycles. The molecule has 17 heavy (non-hydrogen) atoms. The van der Waals surface area contributed by atoms with Gasteiger partial charge in [-0.3, -0.25) is 0 Å². The normalized spacial score (nSPS) is 18.6. The summed E-state index contributed by atoms with van der Waals surface area (Å²) in [6.07, 6.45) is 4.25. The minimum absolute atomic E-state index is 0.184. The van der Waals surface area contributed by atoms with Gasteiger partial charge in [-0.1, -0.05) is 17.7 Å². The van der Waals surface area contributed by atoms with Crippen molar-refractivity contribution in [3.05, 3.63) is 41.5 Å². The first-order valence-electron chi connectivity index (χ1n) is 6.33. The highest BCUT2D eigenvalue weighted by Crippen LogP contribution is 2.34. The van der Waals surface area contributed by atoms with Crippen LogP contribution in [0.1, 0.15) is 43.4 Å². The molecule has 1 aliphatic carbocycles. The van der Waals surface area contributed by atoms with Crippen molar-refractivity contribution >= 4 is 0 Å². The van der Waals surface area contributed by atoms with Gasteiger partial charge in [-0.25, -0.2) is 0 Å². The maximum absolute atomic E-state index is 6.12. The highest BCUT2D eigenvalue weighted by Gasteiger charge is 2.19. The van der Waals surface area contributed by atoms with Gasteiger partial charge in [-0.2, -0.15) is 0 Å². The summed E-state index contributed by atoms with van der Waals surface area (Å²) in [5.74, 6) is 1.01. The predicted molar refractivity (Wildman–Crippen MR) is 71.2 cm³/mol. The van der Waals surface area contributed by atoms with Crippen LogP contribution < -0.4 is 10.5 Å². The van der Waals surface area contributed by atoms with Gasteiger partial charge in [0, 0.05) is 12.5 Å². The number of fused-ring (bicyclic) bond motifs is 1. The third-order valence-electron chi connectivity index (χ3n) is 3.30. The van der Waals surface area contributed by atoms with E-state index in [1.807, 2.05) is 13.0 Å². The van der Waals surface area contributed by atoms with E-state index in [1.54, 1.807) is 0 Å². The van der Waals surface area contributed by atoms with E-state index in [-0.39, 0.29) is 6.04 Å². The Labute approximate surface area is 103 Å². The van der Waals surface area contributed by atoms with Gasteiger partial charge in [0.25, 0.3) is 0 Å². The average molecular weight is 231 g/mol. The molecular weight excluding hydrogens is 210 g/mol. The molecule has 1 atom stereocenters. The number of hydrogen-bond donors (Lipinski definition) is 1. The summed E-state index contributed by atoms with van der Waals surface area (Å²) in [5, 5.41) is 0. The van der Waals surface area contributed by atoms with Gasteiger partial charge in [0.2, 0.25) is 0 Å². The number of benzene rings is 1. The van der Waals surface area contributed by atoms with Crippen LogP contribution >= 0.6 is 0 Å². The molecule has 0 fully saturated rings. The van der Waals surface area contributed by atoms with Crippen molar-refractivity contribution in [2.75, 3.05) is 6.61 Å². The Kier molecular flexibility index (Phi) is 3.85. The molecule has 1 aromatic rings. The predicted octanol–water partition coefficient (Wildman–Crippen LogP) is 3.37. The minimum Gasteiger partial charge on any atom is -0.493 e. The number of rotatable bonds is 4. The largest absolute Gasteiger partial charge is 0.493 e. The van der Waals surface area contributed by atoms with Gasteiger partial charge in [-0.05, 0) is 43.4 Å². The van der Waals surface area contributed by atoms with Crippen LogP contribution in [0.15, 0.2) is 30.4 Å². The Morgan fingerprint density at radius 3 is 3.12 bits per heavy atom. The first kappa shape index (κ1) is 12.2. The molecule has 0 aromatic heterocycles. The molecule has 2 rings (SSSR count). The summed E-state index contributed by atoms with van der Waals surface area (Å²) in [5.41, 5.74) is 9.86. The summed E-state index contributed by atoms with van der Waals surface area (Å²) in [4.78, 5) is 0. The third kappa shape index (κ3) is 2.89. The zero-order valence-corrected chi connectivity index (χ0v) is 10.5. The monoisotopic (exact) mass is 231 g/mol. The Balaban J connectivity index is 2.12. The Hall–Kier alpha value is -1.28. The molecule has 0 saturated heterocycles. The first-order valence-corrected chi connectivity index (χ1v) is 6.33.